The van der Waals surface area contributed by atoms with Crippen LogP contribution in [0.4, 0.5) is 5.69 Å². The van der Waals surface area contributed by atoms with Gasteiger partial charge in [-0.05, 0) is 24.0 Å². The van der Waals surface area contributed by atoms with E-state index in [0.717, 1.165) is 13.0 Å². The van der Waals surface area contributed by atoms with Gasteiger partial charge in [-0.15, -0.1) is 0 Å². The van der Waals surface area contributed by atoms with Gasteiger partial charge in [-0.1, -0.05) is 41.1 Å². The molecule has 0 aliphatic carbocycles. The maximum atomic E-state index is 11.5. The van der Waals surface area contributed by atoms with E-state index in [1.54, 1.807) is 0 Å². The molecular weight excluding hydrogens is 294 g/mol. The minimum atomic E-state index is -0.277. The summed E-state index contributed by atoms with van der Waals surface area (Å²) in [4.78, 5) is 13.5. The third-order valence-corrected chi connectivity index (χ3v) is 3.93. The van der Waals surface area contributed by atoms with Crippen LogP contribution in [0.3, 0.4) is 0 Å². The van der Waals surface area contributed by atoms with E-state index in [2.05, 4.69) is 46.0 Å². The predicted octanol–water partition coefficient (Wildman–Crippen LogP) is 2.62. The first-order chi connectivity index (χ1) is 8.61. The number of hydrogen-bond acceptors (Lipinski definition) is 3. The molecule has 0 N–H and O–H groups in total. The summed E-state index contributed by atoms with van der Waals surface area (Å²) in [6, 6.07) is 8.40. The lowest BCUT2D eigenvalue weighted by atomic mass is 9.94. The van der Waals surface area contributed by atoms with Crippen molar-refractivity contribution in [3.63, 3.8) is 0 Å². The van der Waals surface area contributed by atoms with Crippen LogP contribution < -0.4 is 4.90 Å². The second-order valence-corrected chi connectivity index (χ2v) is 5.94. The van der Waals surface area contributed by atoms with Crippen LogP contribution in [0.15, 0.2) is 24.3 Å². The summed E-state index contributed by atoms with van der Waals surface area (Å²) in [5.41, 5.74) is 2.60. The molecule has 18 heavy (non-hydrogen) atoms. The van der Waals surface area contributed by atoms with Crippen LogP contribution in [0.5, 0.6) is 0 Å². The number of halogens is 1. The summed E-state index contributed by atoms with van der Waals surface area (Å²) in [6.07, 6.45) is 1.11. The fourth-order valence-electron chi connectivity index (χ4n) is 2.48. The van der Waals surface area contributed by atoms with Gasteiger partial charge in [0, 0.05) is 18.8 Å². The van der Waals surface area contributed by atoms with Crippen LogP contribution in [-0.2, 0) is 16.0 Å². The van der Waals surface area contributed by atoms with Gasteiger partial charge < -0.3 is 9.64 Å². The van der Waals surface area contributed by atoms with Crippen molar-refractivity contribution in [2.75, 3.05) is 25.1 Å². The van der Waals surface area contributed by atoms with Gasteiger partial charge in [-0.25, -0.2) is 0 Å². The molecule has 0 bridgehead atoms. The average molecular weight is 312 g/mol. The van der Waals surface area contributed by atoms with E-state index in [-0.39, 0.29) is 10.8 Å². The van der Waals surface area contributed by atoms with Crippen molar-refractivity contribution in [3.05, 3.63) is 29.8 Å². The van der Waals surface area contributed by atoms with Crippen molar-refractivity contribution in [1.82, 2.24) is 0 Å². The molecule has 1 aliphatic heterocycles. The predicted molar refractivity (Wildman–Crippen MR) is 76.3 cm³/mol. The molecule has 0 spiro atoms. The molecular formula is C14H18BrNO2. The summed E-state index contributed by atoms with van der Waals surface area (Å²) in [5.74, 6) is 0.392. The molecule has 0 amide bonds. The lowest BCUT2D eigenvalue weighted by Gasteiger charge is -2.35. The van der Waals surface area contributed by atoms with E-state index in [9.17, 15) is 4.79 Å². The monoisotopic (exact) mass is 311 g/mol. The highest BCUT2D eigenvalue weighted by atomic mass is 79.9. The molecule has 1 aromatic rings. The normalized spacial score (nSPS) is 20.2. The quantitative estimate of drug-likeness (QED) is 0.635. The van der Waals surface area contributed by atoms with Gasteiger partial charge in [-0.3, -0.25) is 4.79 Å². The van der Waals surface area contributed by atoms with Crippen LogP contribution in [0.1, 0.15) is 12.5 Å². The van der Waals surface area contributed by atoms with Gasteiger partial charge >= 0.3 is 5.97 Å². The van der Waals surface area contributed by atoms with E-state index >= 15 is 0 Å². The minimum Gasteiger partial charge on any atom is -0.468 e. The Labute approximate surface area is 116 Å². The van der Waals surface area contributed by atoms with Crippen LogP contribution in [0.2, 0.25) is 0 Å². The summed E-state index contributed by atoms with van der Waals surface area (Å²) in [7, 11) is 1.42. The average Bonchev–Trinajstić information content (AvgIpc) is 2.37. The molecule has 1 aromatic carbocycles. The van der Waals surface area contributed by atoms with Crippen molar-refractivity contribution in [1.29, 1.82) is 0 Å². The lowest BCUT2D eigenvalue weighted by Crippen LogP contribution is -2.40. The number of methoxy groups -OCH3 is 1. The summed E-state index contributed by atoms with van der Waals surface area (Å²) < 4.78 is 4.76. The Morgan fingerprint density at radius 1 is 1.56 bits per heavy atom. The minimum absolute atomic E-state index is 0.217. The smallest absolute Gasteiger partial charge is 0.321 e. The fourth-order valence-corrected chi connectivity index (χ4v) is 3.01. The fraction of sp³-hybridized carbons (Fsp3) is 0.500. The number of hydrogen-bond donors (Lipinski definition) is 0. The third kappa shape index (κ3) is 2.86. The van der Waals surface area contributed by atoms with Gasteiger partial charge in [0.05, 0.1) is 7.11 Å². The number of ether oxygens (including phenoxy) is 1. The van der Waals surface area contributed by atoms with E-state index in [4.69, 9.17) is 4.74 Å². The molecule has 98 valence electrons. The number of esters is 1. The summed E-state index contributed by atoms with van der Waals surface area (Å²) in [6.45, 7) is 3.87. The van der Waals surface area contributed by atoms with E-state index < -0.39 is 0 Å². The first-order valence-corrected chi connectivity index (χ1v) is 7.08. The number of carbonyl (C=O) groups excluding carboxylic acids is 1. The first kappa shape index (κ1) is 13.4. The Morgan fingerprint density at radius 2 is 2.28 bits per heavy atom. The molecule has 2 rings (SSSR count). The highest BCUT2D eigenvalue weighted by Crippen LogP contribution is 2.30. The van der Waals surface area contributed by atoms with Crippen molar-refractivity contribution >= 4 is 27.6 Å². The Bertz CT molecular complexity index is 436. The van der Waals surface area contributed by atoms with Crippen LogP contribution in [0.25, 0.3) is 0 Å². The van der Waals surface area contributed by atoms with Crippen molar-refractivity contribution < 1.29 is 9.53 Å². The molecule has 0 radical (unpaired) electrons. The molecule has 1 aliphatic rings. The number of benzene rings is 1. The Morgan fingerprint density at radius 3 is 3.00 bits per heavy atom. The van der Waals surface area contributed by atoms with Gasteiger partial charge in [0.2, 0.25) is 0 Å². The van der Waals surface area contributed by atoms with Crippen molar-refractivity contribution in [2.45, 2.75) is 18.2 Å². The molecule has 2 unspecified atom stereocenters. The van der Waals surface area contributed by atoms with E-state index in [1.807, 2.05) is 6.07 Å². The number of carbonyl (C=O) groups is 1. The van der Waals surface area contributed by atoms with E-state index in [1.165, 1.54) is 18.4 Å². The number of alkyl halides is 1. The zero-order valence-corrected chi connectivity index (χ0v) is 12.3. The molecule has 0 aromatic heterocycles. The lowest BCUT2D eigenvalue weighted by molar-refractivity contribution is -0.139. The van der Waals surface area contributed by atoms with Crippen LogP contribution in [-0.4, -0.2) is 31.0 Å². The molecule has 0 fully saturated rings. The van der Waals surface area contributed by atoms with Gasteiger partial charge in [0.1, 0.15) is 4.83 Å². The molecule has 4 heteroatoms. The topological polar surface area (TPSA) is 29.5 Å². The number of rotatable bonds is 3. The van der Waals surface area contributed by atoms with Crippen molar-refractivity contribution in [2.24, 2.45) is 5.92 Å². The molecule has 0 saturated carbocycles. The zero-order valence-electron chi connectivity index (χ0n) is 10.7. The third-order valence-electron chi connectivity index (χ3n) is 3.27. The maximum absolute atomic E-state index is 11.5. The number of fused-ring (bicyclic) bond motifs is 1. The molecule has 0 saturated heterocycles. The second-order valence-electron chi connectivity index (χ2n) is 4.83. The van der Waals surface area contributed by atoms with E-state index in [0.29, 0.717) is 12.5 Å². The number of para-hydroxylation sites is 1. The first-order valence-electron chi connectivity index (χ1n) is 6.16. The van der Waals surface area contributed by atoms with Crippen molar-refractivity contribution in [3.8, 4) is 0 Å². The van der Waals surface area contributed by atoms with Gasteiger partial charge in [-0.2, -0.15) is 0 Å². The highest BCUT2D eigenvalue weighted by Gasteiger charge is 2.25. The molecule has 3 nitrogen and oxygen atoms in total. The summed E-state index contributed by atoms with van der Waals surface area (Å²) in [5, 5.41) is 0. The number of anilines is 1. The molecule has 2 atom stereocenters. The molecule has 1 heterocycles. The Hall–Kier alpha value is -1.03. The van der Waals surface area contributed by atoms with Gasteiger partial charge in [0.25, 0.3) is 0 Å². The largest absolute Gasteiger partial charge is 0.468 e. The van der Waals surface area contributed by atoms with Crippen LogP contribution >= 0.6 is 15.9 Å². The number of nitrogens with zero attached hydrogens (tertiary/aromatic N) is 1. The SMILES string of the molecule is COC(=O)C(Br)CN1CC(C)Cc2ccccc21. The Kier molecular flexibility index (Phi) is 4.27. The highest BCUT2D eigenvalue weighted by molar-refractivity contribution is 9.10. The maximum Gasteiger partial charge on any atom is 0.321 e. The second kappa shape index (κ2) is 5.74. The summed E-state index contributed by atoms with van der Waals surface area (Å²) >= 11 is 3.39. The van der Waals surface area contributed by atoms with Gasteiger partial charge in [0.15, 0.2) is 0 Å². The van der Waals surface area contributed by atoms with Crippen LogP contribution in [0, 0.1) is 5.92 Å². The zero-order chi connectivity index (χ0) is 13.1. The standard InChI is InChI=1S/C14H18BrNO2/c1-10-7-11-5-3-4-6-13(11)16(8-10)9-12(15)14(17)18-2/h3-6,10,12H,7-9H2,1-2H3. The Balaban J connectivity index is 2.16.